The van der Waals surface area contributed by atoms with Crippen LogP contribution in [0.1, 0.15) is 23.5 Å². The molecule has 0 aliphatic carbocycles. The van der Waals surface area contributed by atoms with Crippen LogP contribution in [0.3, 0.4) is 0 Å². The molecular formula is C17H20N4O2. The largest absolute Gasteiger partial charge is 0.432 e. The SMILES string of the molecule is Nc1cccc(-c2cnc(C(=O)N[C@H]3C[C@H]4CCN(C4)C3)o2)c1. The number of piperidine rings is 1. The van der Waals surface area contributed by atoms with Gasteiger partial charge in [-0.15, -0.1) is 0 Å². The van der Waals surface area contributed by atoms with Crippen LogP contribution in [0.25, 0.3) is 11.3 Å². The summed E-state index contributed by atoms with van der Waals surface area (Å²) in [4.78, 5) is 18.9. The van der Waals surface area contributed by atoms with Crippen LogP contribution in [-0.4, -0.2) is 41.5 Å². The molecule has 3 atom stereocenters. The molecule has 1 unspecified atom stereocenters. The Morgan fingerprint density at radius 3 is 3.13 bits per heavy atom. The number of hydrogen-bond acceptors (Lipinski definition) is 5. The van der Waals surface area contributed by atoms with E-state index in [9.17, 15) is 4.79 Å². The molecule has 120 valence electrons. The van der Waals surface area contributed by atoms with E-state index in [0.717, 1.165) is 25.1 Å². The highest BCUT2D eigenvalue weighted by Gasteiger charge is 2.33. The standard InChI is InChI=1S/C17H20N4O2/c18-13-3-1-2-12(7-13)15-8-19-17(23-15)16(22)20-14-6-11-4-5-21(9-11)10-14/h1-3,7-8,11,14H,4-6,9-10,18H2,(H,20,22)/t11-,14+/m1/s1. The molecule has 2 aliphatic heterocycles. The molecule has 1 amide bonds. The number of rotatable bonds is 3. The van der Waals surface area contributed by atoms with Gasteiger partial charge in [-0.1, -0.05) is 12.1 Å². The van der Waals surface area contributed by atoms with Crippen molar-refractivity contribution in [1.82, 2.24) is 15.2 Å². The lowest BCUT2D eigenvalue weighted by atomic mass is 9.97. The second kappa shape index (κ2) is 5.70. The number of oxazole rings is 1. The average molecular weight is 312 g/mol. The summed E-state index contributed by atoms with van der Waals surface area (Å²) in [5, 5.41) is 3.05. The van der Waals surface area contributed by atoms with Gasteiger partial charge in [-0.3, -0.25) is 4.79 Å². The van der Waals surface area contributed by atoms with Crippen LogP contribution in [-0.2, 0) is 0 Å². The Bertz CT molecular complexity index is 715. The minimum atomic E-state index is -0.243. The van der Waals surface area contributed by atoms with Crippen LogP contribution in [0.4, 0.5) is 5.69 Å². The first-order valence-corrected chi connectivity index (χ1v) is 8.02. The Kier molecular flexibility index (Phi) is 3.53. The molecule has 1 aromatic carbocycles. The van der Waals surface area contributed by atoms with E-state index in [1.165, 1.54) is 13.0 Å². The van der Waals surface area contributed by atoms with Crippen molar-refractivity contribution < 1.29 is 9.21 Å². The number of nitrogens with zero attached hydrogens (tertiary/aromatic N) is 2. The second-order valence-corrected chi connectivity index (χ2v) is 6.48. The molecule has 2 fully saturated rings. The maximum absolute atomic E-state index is 12.3. The molecule has 2 bridgehead atoms. The van der Waals surface area contributed by atoms with Gasteiger partial charge in [0, 0.05) is 30.4 Å². The third-order valence-electron chi connectivity index (χ3n) is 4.67. The third-order valence-corrected chi connectivity index (χ3v) is 4.67. The van der Waals surface area contributed by atoms with E-state index in [1.54, 1.807) is 18.3 Å². The van der Waals surface area contributed by atoms with Crippen LogP contribution in [0.5, 0.6) is 0 Å². The summed E-state index contributed by atoms with van der Waals surface area (Å²) in [7, 11) is 0. The molecule has 0 radical (unpaired) electrons. The molecule has 3 N–H and O–H groups in total. The number of fused-ring (bicyclic) bond motifs is 2. The van der Waals surface area contributed by atoms with Gasteiger partial charge in [0.25, 0.3) is 5.89 Å². The number of nitrogens with one attached hydrogen (secondary N) is 1. The van der Waals surface area contributed by atoms with E-state index in [2.05, 4.69) is 15.2 Å². The van der Waals surface area contributed by atoms with E-state index in [1.807, 2.05) is 12.1 Å². The summed E-state index contributed by atoms with van der Waals surface area (Å²) < 4.78 is 5.61. The van der Waals surface area contributed by atoms with E-state index >= 15 is 0 Å². The Hall–Kier alpha value is -2.34. The fourth-order valence-corrected chi connectivity index (χ4v) is 3.62. The van der Waals surface area contributed by atoms with Gasteiger partial charge in [0.2, 0.25) is 0 Å². The maximum Gasteiger partial charge on any atom is 0.307 e. The number of hydrogen-bond donors (Lipinski definition) is 2. The van der Waals surface area contributed by atoms with Crippen LogP contribution < -0.4 is 11.1 Å². The van der Waals surface area contributed by atoms with Crippen LogP contribution in [0.2, 0.25) is 0 Å². The number of nitrogen functional groups attached to an aromatic ring is 1. The van der Waals surface area contributed by atoms with Crippen LogP contribution in [0.15, 0.2) is 34.9 Å². The highest BCUT2D eigenvalue weighted by molar-refractivity contribution is 5.90. The summed E-state index contributed by atoms with van der Waals surface area (Å²) in [5.74, 6) is 1.12. The molecule has 3 heterocycles. The first kappa shape index (κ1) is 14.3. The number of amides is 1. The highest BCUT2D eigenvalue weighted by atomic mass is 16.4. The van der Waals surface area contributed by atoms with Crippen molar-refractivity contribution in [2.24, 2.45) is 5.92 Å². The number of anilines is 1. The molecule has 6 nitrogen and oxygen atoms in total. The zero-order chi connectivity index (χ0) is 15.8. The normalized spacial score (nSPS) is 26.2. The number of nitrogens with two attached hydrogens (primary N) is 1. The first-order valence-electron chi connectivity index (χ1n) is 8.02. The molecule has 1 aromatic heterocycles. The van der Waals surface area contributed by atoms with E-state index in [-0.39, 0.29) is 17.8 Å². The molecule has 2 aliphatic rings. The van der Waals surface area contributed by atoms with Crippen molar-refractivity contribution in [1.29, 1.82) is 0 Å². The minimum Gasteiger partial charge on any atom is -0.432 e. The van der Waals surface area contributed by atoms with Crippen molar-refractivity contribution in [3.05, 3.63) is 36.4 Å². The van der Waals surface area contributed by atoms with Crippen LogP contribution >= 0.6 is 0 Å². The molecule has 2 aromatic rings. The fourth-order valence-electron chi connectivity index (χ4n) is 3.62. The van der Waals surface area contributed by atoms with Crippen molar-refractivity contribution in [3.8, 4) is 11.3 Å². The molecular weight excluding hydrogens is 292 g/mol. The van der Waals surface area contributed by atoms with E-state index in [4.69, 9.17) is 10.2 Å². The smallest absolute Gasteiger partial charge is 0.307 e. The monoisotopic (exact) mass is 312 g/mol. The predicted octanol–water partition coefficient (Wildman–Crippen LogP) is 1.75. The molecule has 0 spiro atoms. The van der Waals surface area contributed by atoms with Gasteiger partial charge in [0.15, 0.2) is 5.76 Å². The van der Waals surface area contributed by atoms with Crippen molar-refractivity contribution in [2.45, 2.75) is 18.9 Å². The Morgan fingerprint density at radius 1 is 1.39 bits per heavy atom. The molecule has 0 saturated carbocycles. The molecule has 2 saturated heterocycles. The van der Waals surface area contributed by atoms with Gasteiger partial charge in [-0.05, 0) is 37.4 Å². The second-order valence-electron chi connectivity index (χ2n) is 6.48. The molecule has 23 heavy (non-hydrogen) atoms. The summed E-state index contributed by atoms with van der Waals surface area (Å²) in [5.41, 5.74) is 7.24. The summed E-state index contributed by atoms with van der Waals surface area (Å²) >= 11 is 0. The summed E-state index contributed by atoms with van der Waals surface area (Å²) in [6.07, 6.45) is 3.85. The first-order chi connectivity index (χ1) is 11.2. The predicted molar refractivity (Wildman–Crippen MR) is 86.8 cm³/mol. The summed E-state index contributed by atoms with van der Waals surface area (Å²) in [6, 6.07) is 7.52. The summed E-state index contributed by atoms with van der Waals surface area (Å²) in [6.45, 7) is 3.24. The zero-order valence-corrected chi connectivity index (χ0v) is 12.9. The van der Waals surface area contributed by atoms with Gasteiger partial charge in [-0.25, -0.2) is 4.98 Å². The molecule has 6 heteroatoms. The molecule has 4 rings (SSSR count). The average Bonchev–Trinajstić information content (AvgIpc) is 3.14. The number of aromatic nitrogens is 1. The van der Waals surface area contributed by atoms with Gasteiger partial charge >= 0.3 is 5.91 Å². The lowest BCUT2D eigenvalue weighted by Gasteiger charge is -2.30. The van der Waals surface area contributed by atoms with Gasteiger partial charge in [0.05, 0.1) is 6.20 Å². The number of benzene rings is 1. The van der Waals surface area contributed by atoms with Crippen LogP contribution in [0, 0.1) is 5.92 Å². The van der Waals surface area contributed by atoms with Crippen molar-refractivity contribution >= 4 is 11.6 Å². The van der Waals surface area contributed by atoms with Gasteiger partial charge in [0.1, 0.15) is 0 Å². The Labute approximate surface area is 134 Å². The van der Waals surface area contributed by atoms with Gasteiger partial charge < -0.3 is 20.4 Å². The topological polar surface area (TPSA) is 84.4 Å². The van der Waals surface area contributed by atoms with Crippen molar-refractivity contribution in [2.75, 3.05) is 25.4 Å². The highest BCUT2D eigenvalue weighted by Crippen LogP contribution is 2.27. The van der Waals surface area contributed by atoms with Gasteiger partial charge in [-0.2, -0.15) is 0 Å². The lowest BCUT2D eigenvalue weighted by molar-refractivity contribution is 0.0875. The third kappa shape index (κ3) is 2.94. The van der Waals surface area contributed by atoms with E-state index < -0.39 is 0 Å². The number of carbonyl (C=O) groups is 1. The zero-order valence-electron chi connectivity index (χ0n) is 12.9. The Morgan fingerprint density at radius 2 is 2.30 bits per heavy atom. The fraction of sp³-hybridized carbons (Fsp3) is 0.412. The number of carbonyl (C=O) groups excluding carboxylic acids is 1. The maximum atomic E-state index is 12.3. The Balaban J connectivity index is 1.45. The lowest BCUT2D eigenvalue weighted by Crippen LogP contribution is -2.47. The minimum absolute atomic E-state index is 0.107. The van der Waals surface area contributed by atoms with Crippen molar-refractivity contribution in [3.63, 3.8) is 0 Å². The van der Waals surface area contributed by atoms with E-state index in [0.29, 0.717) is 17.4 Å². The quantitative estimate of drug-likeness (QED) is 0.844.